The van der Waals surface area contributed by atoms with Gasteiger partial charge in [-0.2, -0.15) is 0 Å². The van der Waals surface area contributed by atoms with E-state index in [0.29, 0.717) is 13.1 Å². The van der Waals surface area contributed by atoms with Crippen molar-refractivity contribution in [1.82, 2.24) is 14.9 Å². The van der Waals surface area contributed by atoms with Gasteiger partial charge in [-0.25, -0.2) is 9.97 Å². The largest absolute Gasteiger partial charge is 0.326 e. The molecule has 0 aromatic carbocycles. The van der Waals surface area contributed by atoms with Gasteiger partial charge in [0, 0.05) is 13.2 Å². The third-order valence-electron chi connectivity index (χ3n) is 2.10. The molecule has 2 rings (SSSR count). The van der Waals surface area contributed by atoms with Crippen molar-refractivity contribution in [2.75, 3.05) is 13.7 Å². The molecular formula is C9H10N4O. The summed E-state index contributed by atoms with van der Waals surface area (Å²) in [5.41, 5.74) is 1.48. The Bertz CT molecular complexity index is 374. The minimum atomic E-state index is 0.0774. The van der Waals surface area contributed by atoms with Crippen LogP contribution in [-0.2, 0) is 4.79 Å². The smallest absolute Gasteiger partial charge is 0.229 e. The van der Waals surface area contributed by atoms with E-state index in [0.717, 1.165) is 11.4 Å². The Balaban J connectivity index is 2.25. The van der Waals surface area contributed by atoms with Crippen molar-refractivity contribution in [2.45, 2.75) is 6.42 Å². The van der Waals surface area contributed by atoms with Gasteiger partial charge in [-0.1, -0.05) is 0 Å². The van der Waals surface area contributed by atoms with E-state index in [9.17, 15) is 4.79 Å². The van der Waals surface area contributed by atoms with Crippen molar-refractivity contribution in [3.05, 3.63) is 24.3 Å². The zero-order chi connectivity index (χ0) is 9.97. The molecule has 1 aromatic rings. The second-order valence-electron chi connectivity index (χ2n) is 3.11. The molecule has 1 aliphatic heterocycles. The zero-order valence-corrected chi connectivity index (χ0v) is 7.84. The predicted octanol–water partition coefficient (Wildman–Crippen LogP) is 0.0853. The summed E-state index contributed by atoms with van der Waals surface area (Å²) in [6.07, 6.45) is 3.43. The molecule has 2 heterocycles. The maximum Gasteiger partial charge on any atom is 0.229 e. The average Bonchev–Trinajstić information content (AvgIpc) is 2.23. The summed E-state index contributed by atoms with van der Waals surface area (Å²) in [5.74, 6) is 0.0774. The number of aliphatic imine (C=N–C) groups is 1. The lowest BCUT2D eigenvalue weighted by Gasteiger charge is -2.20. The summed E-state index contributed by atoms with van der Waals surface area (Å²) in [7, 11) is 1.74. The molecule has 0 spiro atoms. The SMILES string of the molecule is CN1CN=C(c2ccncn2)CC1=O. The van der Waals surface area contributed by atoms with Crippen molar-refractivity contribution in [2.24, 2.45) is 4.99 Å². The van der Waals surface area contributed by atoms with Crippen molar-refractivity contribution in [1.29, 1.82) is 0 Å². The molecule has 0 radical (unpaired) electrons. The molecule has 0 N–H and O–H groups in total. The van der Waals surface area contributed by atoms with Gasteiger partial charge in [0.05, 0.1) is 17.8 Å². The second kappa shape index (κ2) is 3.53. The molecule has 5 nitrogen and oxygen atoms in total. The molecule has 0 saturated carbocycles. The van der Waals surface area contributed by atoms with Gasteiger partial charge in [-0.3, -0.25) is 9.79 Å². The number of carbonyl (C=O) groups is 1. The first-order chi connectivity index (χ1) is 6.77. The standard InChI is InChI=1S/C9H10N4O/c1-13-6-12-8(4-9(13)14)7-2-3-10-5-11-7/h2-3,5H,4,6H2,1H3. The van der Waals surface area contributed by atoms with Crippen LogP contribution in [-0.4, -0.2) is 40.2 Å². The van der Waals surface area contributed by atoms with Gasteiger partial charge in [0.1, 0.15) is 13.0 Å². The summed E-state index contributed by atoms with van der Waals surface area (Å²) in [6, 6.07) is 1.76. The molecule has 1 aliphatic rings. The van der Waals surface area contributed by atoms with Crippen LogP contribution in [0.15, 0.2) is 23.6 Å². The number of rotatable bonds is 1. The van der Waals surface area contributed by atoms with Crippen LogP contribution in [0, 0.1) is 0 Å². The average molecular weight is 190 g/mol. The van der Waals surface area contributed by atoms with E-state index in [-0.39, 0.29) is 5.91 Å². The first-order valence-corrected chi connectivity index (χ1v) is 4.31. The Morgan fingerprint density at radius 3 is 3.00 bits per heavy atom. The van der Waals surface area contributed by atoms with Crippen LogP contribution < -0.4 is 0 Å². The first kappa shape index (κ1) is 8.80. The maximum absolute atomic E-state index is 11.4. The summed E-state index contributed by atoms with van der Waals surface area (Å²) >= 11 is 0. The fraction of sp³-hybridized carbons (Fsp3) is 0.333. The summed E-state index contributed by atoms with van der Waals surface area (Å²) in [6.45, 7) is 0.415. The van der Waals surface area contributed by atoms with Crippen molar-refractivity contribution >= 4 is 11.6 Å². The van der Waals surface area contributed by atoms with Crippen LogP contribution in [0.2, 0.25) is 0 Å². The first-order valence-electron chi connectivity index (χ1n) is 4.31. The van der Waals surface area contributed by atoms with E-state index in [1.807, 2.05) is 0 Å². The van der Waals surface area contributed by atoms with Crippen molar-refractivity contribution in [3.8, 4) is 0 Å². The molecule has 0 atom stereocenters. The highest BCUT2D eigenvalue weighted by molar-refractivity contribution is 6.10. The molecular weight excluding hydrogens is 180 g/mol. The summed E-state index contributed by atoms with van der Waals surface area (Å²) < 4.78 is 0. The molecule has 72 valence electrons. The van der Waals surface area contributed by atoms with Crippen LogP contribution in [0.5, 0.6) is 0 Å². The third kappa shape index (κ3) is 1.61. The summed E-state index contributed by atoms with van der Waals surface area (Å²) in [5, 5.41) is 0. The molecule has 1 amide bonds. The fourth-order valence-electron chi connectivity index (χ4n) is 1.24. The van der Waals surface area contributed by atoms with E-state index in [2.05, 4.69) is 15.0 Å². The van der Waals surface area contributed by atoms with Gasteiger partial charge in [0.15, 0.2) is 0 Å². The molecule has 14 heavy (non-hydrogen) atoms. The Kier molecular flexibility index (Phi) is 2.22. The van der Waals surface area contributed by atoms with Gasteiger partial charge in [0.2, 0.25) is 5.91 Å². The van der Waals surface area contributed by atoms with E-state index in [4.69, 9.17) is 0 Å². The number of amides is 1. The maximum atomic E-state index is 11.4. The molecule has 0 bridgehead atoms. The fourth-order valence-corrected chi connectivity index (χ4v) is 1.24. The van der Waals surface area contributed by atoms with Crippen LogP contribution in [0.1, 0.15) is 12.1 Å². The van der Waals surface area contributed by atoms with E-state index < -0.39 is 0 Å². The number of hydrogen-bond acceptors (Lipinski definition) is 4. The van der Waals surface area contributed by atoms with E-state index >= 15 is 0 Å². The van der Waals surface area contributed by atoms with Gasteiger partial charge < -0.3 is 4.90 Å². The molecule has 5 heteroatoms. The van der Waals surface area contributed by atoms with Crippen LogP contribution in [0.3, 0.4) is 0 Å². The Morgan fingerprint density at radius 1 is 1.50 bits per heavy atom. The molecule has 0 saturated heterocycles. The lowest BCUT2D eigenvalue weighted by Crippen LogP contribution is -2.34. The summed E-state index contributed by atoms with van der Waals surface area (Å²) in [4.78, 5) is 25.1. The number of nitrogens with zero attached hydrogens (tertiary/aromatic N) is 4. The van der Waals surface area contributed by atoms with Crippen molar-refractivity contribution in [3.63, 3.8) is 0 Å². The quantitative estimate of drug-likeness (QED) is 0.630. The monoisotopic (exact) mass is 190 g/mol. The Hall–Kier alpha value is -1.78. The highest BCUT2D eigenvalue weighted by Gasteiger charge is 2.18. The van der Waals surface area contributed by atoms with Crippen LogP contribution >= 0.6 is 0 Å². The zero-order valence-electron chi connectivity index (χ0n) is 7.84. The minimum absolute atomic E-state index is 0.0774. The lowest BCUT2D eigenvalue weighted by atomic mass is 10.1. The molecule has 1 aromatic heterocycles. The molecule has 0 unspecified atom stereocenters. The topological polar surface area (TPSA) is 58.5 Å². The number of aromatic nitrogens is 2. The molecule has 0 fully saturated rings. The van der Waals surface area contributed by atoms with Crippen molar-refractivity contribution < 1.29 is 4.79 Å². The van der Waals surface area contributed by atoms with Gasteiger partial charge in [-0.05, 0) is 6.07 Å². The second-order valence-corrected chi connectivity index (χ2v) is 3.11. The highest BCUT2D eigenvalue weighted by atomic mass is 16.2. The van der Waals surface area contributed by atoms with E-state index in [1.54, 1.807) is 24.2 Å². The molecule has 0 aliphatic carbocycles. The van der Waals surface area contributed by atoms with Crippen LogP contribution in [0.25, 0.3) is 0 Å². The normalized spacial score (nSPS) is 16.8. The van der Waals surface area contributed by atoms with Gasteiger partial charge in [0.25, 0.3) is 0 Å². The Labute approximate surface area is 81.5 Å². The lowest BCUT2D eigenvalue weighted by molar-refractivity contribution is -0.128. The predicted molar refractivity (Wildman–Crippen MR) is 50.8 cm³/mol. The third-order valence-corrected chi connectivity index (χ3v) is 2.10. The number of hydrogen-bond donors (Lipinski definition) is 0. The number of carbonyl (C=O) groups excluding carboxylic acids is 1. The van der Waals surface area contributed by atoms with Crippen LogP contribution in [0.4, 0.5) is 0 Å². The minimum Gasteiger partial charge on any atom is -0.326 e. The van der Waals surface area contributed by atoms with Gasteiger partial charge >= 0.3 is 0 Å². The Morgan fingerprint density at radius 2 is 2.36 bits per heavy atom. The van der Waals surface area contributed by atoms with Gasteiger partial charge in [-0.15, -0.1) is 0 Å². The van der Waals surface area contributed by atoms with E-state index in [1.165, 1.54) is 6.33 Å². The highest BCUT2D eigenvalue weighted by Crippen LogP contribution is 2.07.